The predicted molar refractivity (Wildman–Crippen MR) is 106 cm³/mol. The highest BCUT2D eigenvalue weighted by atomic mass is 32.2. The van der Waals surface area contributed by atoms with Gasteiger partial charge in [-0.3, -0.25) is 9.78 Å². The lowest BCUT2D eigenvalue weighted by Crippen LogP contribution is -2.22. The molecule has 1 amide bonds. The lowest BCUT2D eigenvalue weighted by molar-refractivity contribution is 0.0956. The molecule has 0 unspecified atom stereocenters. The summed E-state index contributed by atoms with van der Waals surface area (Å²) < 4.78 is 0. The van der Waals surface area contributed by atoms with E-state index in [0.717, 1.165) is 15.4 Å². The largest absolute Gasteiger partial charge is 0.506 e. The highest BCUT2D eigenvalue weighted by Crippen LogP contribution is 2.42. The first-order valence-corrected chi connectivity index (χ1v) is 9.41. The van der Waals surface area contributed by atoms with Crippen molar-refractivity contribution in [3.8, 4) is 5.75 Å². The summed E-state index contributed by atoms with van der Waals surface area (Å²) in [6.45, 7) is 2.44. The van der Waals surface area contributed by atoms with Crippen LogP contribution in [-0.2, 0) is 0 Å². The monoisotopic (exact) mass is 375 g/mol. The molecule has 0 bridgehead atoms. The van der Waals surface area contributed by atoms with Gasteiger partial charge in [0.15, 0.2) is 0 Å². The molecule has 0 spiro atoms. The molecule has 0 saturated heterocycles. The fourth-order valence-corrected chi connectivity index (χ4v) is 3.91. The first kappa shape index (κ1) is 17.3. The summed E-state index contributed by atoms with van der Waals surface area (Å²) in [5.41, 5.74) is 3.13. The summed E-state index contributed by atoms with van der Waals surface area (Å²) in [5.74, 6) is -0.0659. The summed E-state index contributed by atoms with van der Waals surface area (Å²) in [7, 11) is 0. The first-order valence-electron chi connectivity index (χ1n) is 8.60. The van der Waals surface area contributed by atoms with Crippen LogP contribution in [0, 0.1) is 0 Å². The van der Waals surface area contributed by atoms with Crippen LogP contribution in [0.1, 0.15) is 28.5 Å². The number of pyridine rings is 1. The van der Waals surface area contributed by atoms with Crippen molar-refractivity contribution >= 4 is 29.1 Å². The minimum atomic E-state index is -0.135. The lowest BCUT2D eigenvalue weighted by atomic mass is 10.1. The van der Waals surface area contributed by atoms with Crippen LogP contribution in [0.4, 0.5) is 5.69 Å². The van der Waals surface area contributed by atoms with Gasteiger partial charge in [0, 0.05) is 33.7 Å². The average Bonchev–Trinajstić information content (AvgIpc) is 2.84. The average molecular weight is 375 g/mol. The lowest BCUT2D eigenvalue weighted by Gasteiger charge is -2.09. The number of nitrogens with zero attached hydrogens (tertiary/aromatic N) is 2. The second-order valence-corrected chi connectivity index (χ2v) is 7.06. The van der Waals surface area contributed by atoms with E-state index < -0.39 is 0 Å². The van der Waals surface area contributed by atoms with Gasteiger partial charge in [-0.1, -0.05) is 30.0 Å². The zero-order valence-electron chi connectivity index (χ0n) is 14.6. The number of aromatic nitrogens is 1. The van der Waals surface area contributed by atoms with Crippen LogP contribution in [0.2, 0.25) is 0 Å². The number of aliphatic imine (C=N–C) groups is 1. The summed E-state index contributed by atoms with van der Waals surface area (Å²) in [6.07, 6.45) is 1.63. The number of carbonyl (C=O) groups is 1. The SMILES string of the molecule is CCNC(=O)c1ccc2c(c1)N=C(c1ncccc1O)c1ccccc1S2. The normalized spacial score (nSPS) is 12.4. The molecule has 27 heavy (non-hydrogen) atoms. The van der Waals surface area contributed by atoms with Crippen molar-refractivity contribution in [3.05, 3.63) is 77.6 Å². The van der Waals surface area contributed by atoms with E-state index in [9.17, 15) is 9.90 Å². The molecule has 0 fully saturated rings. The van der Waals surface area contributed by atoms with Crippen molar-refractivity contribution in [1.29, 1.82) is 0 Å². The van der Waals surface area contributed by atoms with Crippen molar-refractivity contribution in [1.82, 2.24) is 10.3 Å². The molecule has 0 atom stereocenters. The summed E-state index contributed by atoms with van der Waals surface area (Å²) >= 11 is 1.59. The Balaban J connectivity index is 1.92. The van der Waals surface area contributed by atoms with Gasteiger partial charge in [-0.05, 0) is 43.3 Å². The summed E-state index contributed by atoms with van der Waals surface area (Å²) in [5, 5.41) is 13.1. The van der Waals surface area contributed by atoms with E-state index in [1.54, 1.807) is 42.2 Å². The predicted octanol–water partition coefficient (Wildman–Crippen LogP) is 4.17. The Morgan fingerprint density at radius 3 is 2.78 bits per heavy atom. The van der Waals surface area contributed by atoms with E-state index >= 15 is 0 Å². The van der Waals surface area contributed by atoms with Crippen molar-refractivity contribution in [2.75, 3.05) is 6.54 Å². The van der Waals surface area contributed by atoms with Gasteiger partial charge in [0.1, 0.15) is 17.2 Å². The third kappa shape index (κ3) is 3.31. The smallest absolute Gasteiger partial charge is 0.251 e. The molecule has 3 aromatic rings. The highest BCUT2D eigenvalue weighted by Gasteiger charge is 2.22. The Labute approximate surface area is 161 Å². The van der Waals surface area contributed by atoms with Gasteiger partial charge in [-0.2, -0.15) is 0 Å². The van der Waals surface area contributed by atoms with Crippen LogP contribution in [0.15, 0.2) is 75.6 Å². The van der Waals surface area contributed by atoms with Crippen LogP contribution in [0.5, 0.6) is 5.75 Å². The summed E-state index contributed by atoms with van der Waals surface area (Å²) in [4.78, 5) is 23.3. The number of benzene rings is 2. The topological polar surface area (TPSA) is 74.6 Å². The molecule has 1 aliphatic heterocycles. The van der Waals surface area contributed by atoms with E-state index in [0.29, 0.717) is 29.2 Å². The van der Waals surface area contributed by atoms with Crippen LogP contribution in [0.25, 0.3) is 0 Å². The van der Waals surface area contributed by atoms with Gasteiger partial charge in [0.2, 0.25) is 0 Å². The Morgan fingerprint density at radius 2 is 1.96 bits per heavy atom. The van der Waals surface area contributed by atoms with Crippen molar-refractivity contribution in [3.63, 3.8) is 0 Å². The fraction of sp³-hybridized carbons (Fsp3) is 0.0952. The maximum Gasteiger partial charge on any atom is 0.251 e. The minimum Gasteiger partial charge on any atom is -0.506 e. The van der Waals surface area contributed by atoms with E-state index in [1.165, 1.54) is 0 Å². The molecule has 0 aliphatic carbocycles. The zero-order chi connectivity index (χ0) is 18.8. The number of aromatic hydroxyl groups is 1. The molecule has 5 nitrogen and oxygen atoms in total. The molecule has 2 heterocycles. The molecule has 1 aromatic heterocycles. The van der Waals surface area contributed by atoms with E-state index in [-0.39, 0.29) is 11.7 Å². The van der Waals surface area contributed by atoms with Gasteiger partial charge < -0.3 is 10.4 Å². The van der Waals surface area contributed by atoms with E-state index in [1.807, 2.05) is 37.3 Å². The number of carbonyl (C=O) groups excluding carboxylic acids is 1. The number of fused-ring (bicyclic) bond motifs is 2. The zero-order valence-corrected chi connectivity index (χ0v) is 15.5. The Hall–Kier alpha value is -3.12. The Bertz CT molecular complexity index is 1060. The number of hydrogen-bond acceptors (Lipinski definition) is 5. The van der Waals surface area contributed by atoms with Crippen LogP contribution >= 0.6 is 11.8 Å². The number of nitrogens with one attached hydrogen (secondary N) is 1. The molecule has 2 N–H and O–H groups in total. The number of amides is 1. The van der Waals surface area contributed by atoms with Crippen molar-refractivity contribution in [2.24, 2.45) is 4.99 Å². The molecule has 2 aromatic carbocycles. The summed E-state index contributed by atoms with van der Waals surface area (Å²) in [6, 6.07) is 16.6. The third-order valence-electron chi connectivity index (χ3n) is 4.16. The second-order valence-electron chi connectivity index (χ2n) is 5.97. The van der Waals surface area contributed by atoms with Crippen LogP contribution < -0.4 is 5.32 Å². The maximum atomic E-state index is 12.2. The molecular weight excluding hydrogens is 358 g/mol. The standard InChI is InChI=1S/C21H17N3O2S/c1-2-22-21(26)13-9-10-18-15(12-13)24-19(20-16(25)7-5-11-23-20)14-6-3-4-8-17(14)27-18/h3-12,25H,2H2,1H3,(H,22,26). The minimum absolute atomic E-state index is 0.0689. The van der Waals surface area contributed by atoms with Gasteiger partial charge >= 0.3 is 0 Å². The molecule has 1 aliphatic rings. The highest BCUT2D eigenvalue weighted by molar-refractivity contribution is 7.99. The third-order valence-corrected chi connectivity index (χ3v) is 5.30. The van der Waals surface area contributed by atoms with Gasteiger partial charge in [-0.25, -0.2) is 4.99 Å². The Kier molecular flexibility index (Phi) is 4.64. The number of hydrogen-bond donors (Lipinski definition) is 2. The van der Waals surface area contributed by atoms with Crippen LogP contribution in [0.3, 0.4) is 0 Å². The van der Waals surface area contributed by atoms with Gasteiger partial charge in [-0.15, -0.1) is 0 Å². The van der Waals surface area contributed by atoms with Gasteiger partial charge in [0.25, 0.3) is 5.91 Å². The van der Waals surface area contributed by atoms with E-state index in [4.69, 9.17) is 4.99 Å². The molecule has 0 radical (unpaired) electrons. The van der Waals surface area contributed by atoms with Crippen molar-refractivity contribution < 1.29 is 9.90 Å². The fourth-order valence-electron chi connectivity index (χ4n) is 2.91. The first-order chi connectivity index (χ1) is 13.2. The van der Waals surface area contributed by atoms with Gasteiger partial charge in [0.05, 0.1) is 5.69 Å². The second kappa shape index (κ2) is 7.25. The molecule has 134 valence electrons. The van der Waals surface area contributed by atoms with Crippen molar-refractivity contribution in [2.45, 2.75) is 16.7 Å². The Morgan fingerprint density at radius 1 is 1.11 bits per heavy atom. The maximum absolute atomic E-state index is 12.2. The molecule has 0 saturated carbocycles. The number of rotatable bonds is 3. The van der Waals surface area contributed by atoms with Crippen LogP contribution in [-0.4, -0.2) is 28.3 Å². The quantitative estimate of drug-likeness (QED) is 0.564. The molecule has 6 heteroatoms. The molecular formula is C21H17N3O2S. The molecule has 4 rings (SSSR count). The van der Waals surface area contributed by atoms with E-state index in [2.05, 4.69) is 10.3 Å².